The normalized spacial score (nSPS) is 13.3. The van der Waals surface area contributed by atoms with Gasteiger partial charge in [-0.3, -0.25) is 9.59 Å². The minimum absolute atomic E-state index is 0.107. The van der Waals surface area contributed by atoms with Crippen molar-refractivity contribution in [3.8, 4) is 0 Å². The highest BCUT2D eigenvalue weighted by atomic mass is 16.5. The predicted molar refractivity (Wildman–Crippen MR) is 112 cm³/mol. The summed E-state index contributed by atoms with van der Waals surface area (Å²) >= 11 is 0. The molecule has 0 saturated heterocycles. The topological polar surface area (TPSA) is 51.5 Å². The zero-order valence-corrected chi connectivity index (χ0v) is 16.8. The Balaban J connectivity index is 1.58. The fraction of sp³-hybridized carbons (Fsp3) is 0.333. The summed E-state index contributed by atoms with van der Waals surface area (Å²) < 4.78 is 7.02. The molecule has 0 atom stereocenters. The van der Waals surface area contributed by atoms with Crippen LogP contribution in [-0.2, 0) is 33.8 Å². The Morgan fingerprint density at radius 2 is 1.76 bits per heavy atom. The Morgan fingerprint density at radius 1 is 1.00 bits per heavy atom. The smallest absolute Gasteiger partial charge is 0.305 e. The summed E-state index contributed by atoms with van der Waals surface area (Å²) in [7, 11) is 1.38. The van der Waals surface area contributed by atoms with Crippen LogP contribution in [0.15, 0.2) is 54.6 Å². The molecule has 29 heavy (non-hydrogen) atoms. The zero-order valence-electron chi connectivity index (χ0n) is 16.8. The van der Waals surface area contributed by atoms with Gasteiger partial charge in [0.2, 0.25) is 5.91 Å². The van der Waals surface area contributed by atoms with Crippen LogP contribution in [0.2, 0.25) is 0 Å². The fourth-order valence-corrected chi connectivity index (χ4v) is 4.20. The molecular formula is C24H26N2O3. The molecule has 0 aliphatic carbocycles. The number of hydrogen-bond donors (Lipinski definition) is 0. The second kappa shape index (κ2) is 8.52. The van der Waals surface area contributed by atoms with Gasteiger partial charge in [0.15, 0.2) is 0 Å². The number of nitrogens with zero attached hydrogens (tertiary/aromatic N) is 2. The molecule has 5 heteroatoms. The molecule has 0 fully saturated rings. The van der Waals surface area contributed by atoms with Gasteiger partial charge in [0.05, 0.1) is 13.7 Å². The number of para-hydroxylation sites is 1. The third kappa shape index (κ3) is 4.04. The number of hydrogen-bond acceptors (Lipinski definition) is 3. The van der Waals surface area contributed by atoms with E-state index in [-0.39, 0.29) is 18.3 Å². The van der Waals surface area contributed by atoms with E-state index in [1.54, 1.807) is 0 Å². The summed E-state index contributed by atoms with van der Waals surface area (Å²) in [6, 6.07) is 18.9. The monoisotopic (exact) mass is 390 g/mol. The molecule has 5 nitrogen and oxygen atoms in total. The van der Waals surface area contributed by atoms with Gasteiger partial charge in [0, 0.05) is 42.5 Å². The van der Waals surface area contributed by atoms with Crippen LogP contribution in [0.5, 0.6) is 0 Å². The van der Waals surface area contributed by atoms with Crippen LogP contribution in [0.4, 0.5) is 0 Å². The lowest BCUT2D eigenvalue weighted by atomic mass is 10.0. The molecule has 0 unspecified atom stereocenters. The highest BCUT2D eigenvalue weighted by molar-refractivity contribution is 5.87. The molecule has 150 valence electrons. The molecule has 0 spiro atoms. The first-order chi connectivity index (χ1) is 14.2. The molecule has 4 rings (SSSR count). The van der Waals surface area contributed by atoms with E-state index in [1.807, 2.05) is 11.0 Å². The first-order valence-electron chi connectivity index (χ1n) is 10.1. The second-order valence-electron chi connectivity index (χ2n) is 7.51. The number of ether oxygens (including phenoxy) is 1. The summed E-state index contributed by atoms with van der Waals surface area (Å²) in [5.41, 5.74) is 5.05. The molecular weight excluding hydrogens is 364 g/mol. The van der Waals surface area contributed by atoms with E-state index in [4.69, 9.17) is 0 Å². The number of amides is 1. The first-order valence-corrected chi connectivity index (χ1v) is 10.1. The van der Waals surface area contributed by atoms with E-state index in [0.717, 1.165) is 19.5 Å². The number of methoxy groups -OCH3 is 1. The van der Waals surface area contributed by atoms with E-state index >= 15 is 0 Å². The van der Waals surface area contributed by atoms with Crippen molar-refractivity contribution < 1.29 is 14.3 Å². The van der Waals surface area contributed by atoms with Gasteiger partial charge in [0.1, 0.15) is 0 Å². The van der Waals surface area contributed by atoms with Crippen LogP contribution in [0.25, 0.3) is 10.9 Å². The molecule has 1 amide bonds. The fourth-order valence-electron chi connectivity index (χ4n) is 4.20. The number of rotatable bonds is 6. The average Bonchev–Trinajstić information content (AvgIpc) is 3.07. The molecule has 0 bridgehead atoms. The van der Waals surface area contributed by atoms with Gasteiger partial charge >= 0.3 is 5.97 Å². The van der Waals surface area contributed by atoms with Gasteiger partial charge in [-0.2, -0.15) is 0 Å². The predicted octanol–water partition coefficient (Wildman–Crippen LogP) is 3.92. The largest absolute Gasteiger partial charge is 0.469 e. The van der Waals surface area contributed by atoms with E-state index in [0.29, 0.717) is 19.4 Å². The molecule has 2 heterocycles. The van der Waals surface area contributed by atoms with Crippen molar-refractivity contribution in [2.75, 3.05) is 13.7 Å². The average molecular weight is 390 g/mol. The minimum Gasteiger partial charge on any atom is -0.469 e. The Labute approximate surface area is 170 Å². The molecule has 1 aliphatic heterocycles. The summed E-state index contributed by atoms with van der Waals surface area (Å²) in [5, 5.41) is 1.29. The third-order valence-electron chi connectivity index (χ3n) is 5.70. The lowest BCUT2D eigenvalue weighted by molar-refractivity contribution is -0.141. The van der Waals surface area contributed by atoms with Gasteiger partial charge in [-0.15, -0.1) is 0 Å². The van der Waals surface area contributed by atoms with E-state index < -0.39 is 0 Å². The van der Waals surface area contributed by atoms with Crippen LogP contribution in [0.3, 0.4) is 0 Å². The molecule has 1 aliphatic rings. The lowest BCUT2D eigenvalue weighted by Gasteiger charge is -2.29. The Kier molecular flexibility index (Phi) is 5.65. The maximum absolute atomic E-state index is 12.7. The molecule has 3 aromatic rings. The zero-order chi connectivity index (χ0) is 20.2. The molecule has 0 radical (unpaired) electrons. The summed E-state index contributed by atoms with van der Waals surface area (Å²) in [6.07, 6.45) is 2.06. The van der Waals surface area contributed by atoms with E-state index in [2.05, 4.69) is 57.8 Å². The number of aromatic nitrogens is 1. The van der Waals surface area contributed by atoms with Crippen molar-refractivity contribution in [1.29, 1.82) is 0 Å². The lowest BCUT2D eigenvalue weighted by Crippen LogP contribution is -2.36. The molecule has 0 N–H and O–H groups in total. The minimum atomic E-state index is -0.262. The number of fused-ring (bicyclic) bond motifs is 3. The van der Waals surface area contributed by atoms with Crippen molar-refractivity contribution in [3.05, 3.63) is 71.4 Å². The third-order valence-corrected chi connectivity index (χ3v) is 5.70. The van der Waals surface area contributed by atoms with Crippen molar-refractivity contribution >= 4 is 22.8 Å². The maximum Gasteiger partial charge on any atom is 0.305 e. The summed E-state index contributed by atoms with van der Waals surface area (Å²) in [5.74, 6) is -0.155. The van der Waals surface area contributed by atoms with Gasteiger partial charge in [-0.1, -0.05) is 48.5 Å². The number of esters is 1. The summed E-state index contributed by atoms with van der Waals surface area (Å²) in [4.78, 5) is 26.0. The number of carbonyl (C=O) groups is 2. The Bertz CT molecular complexity index is 1020. The van der Waals surface area contributed by atoms with Crippen LogP contribution in [0, 0.1) is 0 Å². The second-order valence-corrected chi connectivity index (χ2v) is 7.51. The van der Waals surface area contributed by atoms with Crippen molar-refractivity contribution in [3.63, 3.8) is 0 Å². The van der Waals surface area contributed by atoms with Crippen LogP contribution in [-0.4, -0.2) is 35.0 Å². The quantitative estimate of drug-likeness (QED) is 0.600. The van der Waals surface area contributed by atoms with E-state index in [1.165, 1.54) is 34.8 Å². The van der Waals surface area contributed by atoms with Gasteiger partial charge in [0.25, 0.3) is 0 Å². The van der Waals surface area contributed by atoms with Crippen molar-refractivity contribution in [2.45, 2.75) is 38.8 Å². The standard InChI is InChI=1S/C24H26N2O3/c1-29-24(28)13-7-12-23(27)25-15-14-20-19-10-5-6-11-21(19)26(22(20)17-25)16-18-8-3-2-4-9-18/h2-6,8-11H,7,12-17H2,1H3. The molecule has 2 aromatic carbocycles. The molecule has 0 saturated carbocycles. The van der Waals surface area contributed by atoms with Gasteiger partial charge in [-0.25, -0.2) is 0 Å². The van der Waals surface area contributed by atoms with Crippen LogP contribution < -0.4 is 0 Å². The van der Waals surface area contributed by atoms with Crippen LogP contribution in [0.1, 0.15) is 36.1 Å². The maximum atomic E-state index is 12.7. The highest BCUT2D eigenvalue weighted by Crippen LogP contribution is 2.31. The van der Waals surface area contributed by atoms with Gasteiger partial charge < -0.3 is 14.2 Å². The van der Waals surface area contributed by atoms with Gasteiger partial charge in [-0.05, 0) is 30.0 Å². The van der Waals surface area contributed by atoms with Crippen molar-refractivity contribution in [1.82, 2.24) is 9.47 Å². The SMILES string of the molecule is COC(=O)CCCC(=O)N1CCc2c(n(Cc3ccccc3)c3ccccc23)C1. The van der Waals surface area contributed by atoms with Crippen molar-refractivity contribution in [2.24, 2.45) is 0 Å². The number of benzene rings is 2. The van der Waals surface area contributed by atoms with E-state index in [9.17, 15) is 9.59 Å². The Morgan fingerprint density at radius 3 is 2.55 bits per heavy atom. The molecule has 1 aromatic heterocycles. The Hall–Kier alpha value is -3.08. The highest BCUT2D eigenvalue weighted by Gasteiger charge is 2.26. The summed E-state index contributed by atoms with van der Waals surface area (Å²) in [6.45, 7) is 2.14. The van der Waals surface area contributed by atoms with Crippen LogP contribution >= 0.6 is 0 Å². The first kappa shape index (κ1) is 19.2. The number of carbonyl (C=O) groups excluding carboxylic acids is 2.